The van der Waals surface area contributed by atoms with Crippen LogP contribution in [0.15, 0.2) is 53.4 Å². The fourth-order valence-electron chi connectivity index (χ4n) is 3.80. The number of piperidine rings is 1. The van der Waals surface area contributed by atoms with Crippen LogP contribution in [0.3, 0.4) is 0 Å². The largest absolute Gasteiger partial charge is 0.329 e. The maximum atomic E-state index is 13.4. The molecule has 1 aliphatic heterocycles. The highest BCUT2D eigenvalue weighted by Gasteiger charge is 2.31. The van der Waals surface area contributed by atoms with Gasteiger partial charge in [-0.15, -0.1) is 11.3 Å². The van der Waals surface area contributed by atoms with Crippen LogP contribution < -0.4 is 4.72 Å². The van der Waals surface area contributed by atoms with Gasteiger partial charge in [0, 0.05) is 18.2 Å². The van der Waals surface area contributed by atoms with Gasteiger partial charge in [-0.25, -0.2) is 18.1 Å². The molecular formula is C22H25N3O3S2. The van der Waals surface area contributed by atoms with Crippen molar-refractivity contribution in [3.05, 3.63) is 59.1 Å². The predicted molar refractivity (Wildman–Crippen MR) is 119 cm³/mol. The number of carbonyl (C=O) groups excluding carboxylic acids is 1. The van der Waals surface area contributed by atoms with Crippen LogP contribution in [-0.2, 0) is 10.0 Å². The Morgan fingerprint density at radius 3 is 2.73 bits per heavy atom. The van der Waals surface area contributed by atoms with Gasteiger partial charge in [0.1, 0.15) is 5.01 Å². The van der Waals surface area contributed by atoms with E-state index >= 15 is 0 Å². The van der Waals surface area contributed by atoms with Crippen LogP contribution in [0.4, 0.5) is 0 Å². The molecule has 2 aromatic carbocycles. The molecule has 1 aliphatic rings. The number of fused-ring (bicyclic) bond motifs is 1. The summed E-state index contributed by atoms with van der Waals surface area (Å²) in [7, 11) is -3.66. The maximum absolute atomic E-state index is 13.4. The average molecular weight is 444 g/mol. The predicted octanol–water partition coefficient (Wildman–Crippen LogP) is 4.35. The second-order valence-electron chi connectivity index (χ2n) is 7.83. The lowest BCUT2D eigenvalue weighted by Gasteiger charge is -2.34. The summed E-state index contributed by atoms with van der Waals surface area (Å²) in [5, 5.41) is 0.939. The second kappa shape index (κ2) is 8.45. The van der Waals surface area contributed by atoms with Crippen molar-refractivity contribution in [2.45, 2.75) is 50.1 Å². The molecule has 4 rings (SSSR count). The first-order valence-corrected chi connectivity index (χ1v) is 12.4. The zero-order valence-electron chi connectivity index (χ0n) is 17.0. The number of hydrogen-bond acceptors (Lipinski definition) is 5. The fraction of sp³-hybridized carbons (Fsp3) is 0.364. The van der Waals surface area contributed by atoms with Gasteiger partial charge >= 0.3 is 0 Å². The summed E-state index contributed by atoms with van der Waals surface area (Å²) in [5.74, 6) is -0.152. The van der Waals surface area contributed by atoms with Crippen LogP contribution in [0.2, 0.25) is 0 Å². The van der Waals surface area contributed by atoms with Crippen LogP contribution in [0.25, 0.3) is 10.2 Å². The van der Waals surface area contributed by atoms with E-state index in [4.69, 9.17) is 4.98 Å². The molecule has 1 unspecified atom stereocenters. The number of carbonyl (C=O) groups is 1. The van der Waals surface area contributed by atoms with Crippen molar-refractivity contribution in [3.8, 4) is 0 Å². The molecule has 1 saturated heterocycles. The van der Waals surface area contributed by atoms with Gasteiger partial charge < -0.3 is 4.90 Å². The van der Waals surface area contributed by atoms with Gasteiger partial charge in [0.2, 0.25) is 10.0 Å². The summed E-state index contributed by atoms with van der Waals surface area (Å²) in [6, 6.07) is 14.0. The first-order valence-electron chi connectivity index (χ1n) is 10.1. The lowest BCUT2D eigenvalue weighted by atomic mass is 10.0. The van der Waals surface area contributed by atoms with E-state index in [2.05, 4.69) is 4.72 Å². The summed E-state index contributed by atoms with van der Waals surface area (Å²) in [6.07, 6.45) is 2.83. The highest BCUT2D eigenvalue weighted by molar-refractivity contribution is 7.89. The first kappa shape index (κ1) is 21.0. The van der Waals surface area contributed by atoms with Gasteiger partial charge in [0.25, 0.3) is 5.91 Å². The number of aromatic nitrogens is 1. The Balaban J connectivity index is 1.65. The topological polar surface area (TPSA) is 79.4 Å². The monoisotopic (exact) mass is 443 g/mol. The molecular weight excluding hydrogens is 418 g/mol. The number of hydrogen-bond donors (Lipinski definition) is 1. The van der Waals surface area contributed by atoms with Gasteiger partial charge in [-0.2, -0.15) is 0 Å². The third kappa shape index (κ3) is 4.26. The van der Waals surface area contributed by atoms with Crippen molar-refractivity contribution >= 4 is 37.5 Å². The highest BCUT2D eigenvalue weighted by Crippen LogP contribution is 2.36. The number of amides is 1. The molecule has 0 saturated carbocycles. The minimum Gasteiger partial charge on any atom is -0.329 e. The number of para-hydroxylation sites is 1. The van der Waals surface area contributed by atoms with Crippen molar-refractivity contribution in [3.63, 3.8) is 0 Å². The first-order chi connectivity index (χ1) is 14.3. The Labute approximate surface area is 181 Å². The smallest absolute Gasteiger partial charge is 0.254 e. The summed E-state index contributed by atoms with van der Waals surface area (Å²) in [6.45, 7) is 4.17. The normalized spacial score (nSPS) is 17.6. The summed E-state index contributed by atoms with van der Waals surface area (Å²) in [4.78, 5) is 20.1. The van der Waals surface area contributed by atoms with E-state index in [0.29, 0.717) is 12.1 Å². The Morgan fingerprint density at radius 2 is 1.97 bits per heavy atom. The molecule has 0 aliphatic carbocycles. The molecule has 0 radical (unpaired) electrons. The Morgan fingerprint density at radius 1 is 1.17 bits per heavy atom. The van der Waals surface area contributed by atoms with Crippen molar-refractivity contribution in [2.75, 3.05) is 6.54 Å². The maximum Gasteiger partial charge on any atom is 0.254 e. The molecule has 2 heterocycles. The van der Waals surface area contributed by atoms with Crippen molar-refractivity contribution in [1.29, 1.82) is 0 Å². The molecule has 158 valence electrons. The molecule has 1 amide bonds. The van der Waals surface area contributed by atoms with Crippen LogP contribution in [0, 0.1) is 0 Å². The number of thiazole rings is 1. The molecule has 1 fully saturated rings. The number of benzene rings is 2. The number of rotatable bonds is 5. The molecule has 1 atom stereocenters. The standard InChI is InChI=1S/C22H25N3O3S2/c1-15(2)24-30(27,28)17-9-7-8-16(14-17)22(26)25-13-6-5-11-19(25)21-23-18-10-3-4-12-20(18)29-21/h3-4,7-10,12,14-15,19,24H,5-6,11,13H2,1-2H3. The zero-order valence-corrected chi connectivity index (χ0v) is 18.7. The number of nitrogens with one attached hydrogen (secondary N) is 1. The summed E-state index contributed by atoms with van der Waals surface area (Å²) < 4.78 is 28.7. The number of nitrogens with zero attached hydrogens (tertiary/aromatic N) is 2. The third-order valence-electron chi connectivity index (χ3n) is 5.14. The van der Waals surface area contributed by atoms with Gasteiger partial charge in [0.15, 0.2) is 0 Å². The van der Waals surface area contributed by atoms with E-state index in [1.165, 1.54) is 12.1 Å². The molecule has 3 aromatic rings. The van der Waals surface area contributed by atoms with Crippen molar-refractivity contribution in [1.82, 2.24) is 14.6 Å². The quantitative estimate of drug-likeness (QED) is 0.636. The Bertz CT molecular complexity index is 1140. The van der Waals surface area contributed by atoms with Crippen LogP contribution in [0.5, 0.6) is 0 Å². The Kier molecular flexibility index (Phi) is 5.90. The second-order valence-corrected chi connectivity index (χ2v) is 10.6. The molecule has 0 bridgehead atoms. The van der Waals surface area contributed by atoms with E-state index in [0.717, 1.165) is 34.5 Å². The van der Waals surface area contributed by atoms with E-state index in [1.807, 2.05) is 29.2 Å². The van der Waals surface area contributed by atoms with Gasteiger partial charge in [-0.3, -0.25) is 4.79 Å². The summed E-state index contributed by atoms with van der Waals surface area (Å²) in [5.41, 5.74) is 1.33. The number of sulfonamides is 1. The van der Waals surface area contributed by atoms with E-state index in [9.17, 15) is 13.2 Å². The van der Waals surface area contributed by atoms with Crippen LogP contribution in [0.1, 0.15) is 54.5 Å². The minimum atomic E-state index is -3.66. The van der Waals surface area contributed by atoms with Crippen molar-refractivity contribution < 1.29 is 13.2 Å². The Hall–Kier alpha value is -2.29. The van der Waals surface area contributed by atoms with Crippen LogP contribution in [-0.4, -0.2) is 36.8 Å². The van der Waals surface area contributed by atoms with Gasteiger partial charge in [-0.1, -0.05) is 18.2 Å². The molecule has 6 nitrogen and oxygen atoms in total. The van der Waals surface area contributed by atoms with Gasteiger partial charge in [0.05, 0.1) is 21.2 Å². The minimum absolute atomic E-state index is 0.0855. The SMILES string of the molecule is CC(C)NS(=O)(=O)c1cccc(C(=O)N2CCCCC2c2nc3ccccc3s2)c1. The van der Waals surface area contributed by atoms with E-state index < -0.39 is 10.0 Å². The lowest BCUT2D eigenvalue weighted by Crippen LogP contribution is -2.38. The fourth-order valence-corrected chi connectivity index (χ4v) is 6.22. The summed E-state index contributed by atoms with van der Waals surface area (Å²) >= 11 is 1.62. The molecule has 1 aromatic heterocycles. The van der Waals surface area contributed by atoms with Gasteiger partial charge in [-0.05, 0) is 63.4 Å². The van der Waals surface area contributed by atoms with E-state index in [1.54, 1.807) is 37.3 Å². The molecule has 0 spiro atoms. The van der Waals surface area contributed by atoms with Crippen molar-refractivity contribution in [2.24, 2.45) is 0 Å². The highest BCUT2D eigenvalue weighted by atomic mass is 32.2. The zero-order chi connectivity index (χ0) is 21.3. The molecule has 30 heavy (non-hydrogen) atoms. The molecule has 1 N–H and O–H groups in total. The van der Waals surface area contributed by atoms with E-state index in [-0.39, 0.29) is 22.9 Å². The third-order valence-corrected chi connectivity index (χ3v) is 7.94. The number of likely N-dealkylation sites (tertiary alicyclic amines) is 1. The average Bonchev–Trinajstić information content (AvgIpc) is 3.16. The lowest BCUT2D eigenvalue weighted by molar-refractivity contribution is 0.0611. The van der Waals surface area contributed by atoms with Crippen LogP contribution >= 0.6 is 11.3 Å². The molecule has 8 heteroatoms.